The summed E-state index contributed by atoms with van der Waals surface area (Å²) in [6, 6.07) is 0. The van der Waals surface area contributed by atoms with Gasteiger partial charge in [-0.25, -0.2) is 9.50 Å². The molecule has 0 aliphatic carbocycles. The van der Waals surface area contributed by atoms with Crippen molar-refractivity contribution in [3.63, 3.8) is 0 Å². The summed E-state index contributed by atoms with van der Waals surface area (Å²) in [5.74, 6) is 0. The molecule has 2 rings (SSSR count). The first-order valence-electron chi connectivity index (χ1n) is 4.24. The summed E-state index contributed by atoms with van der Waals surface area (Å²) in [6.07, 6.45) is 5.68. The fraction of sp³-hybridized carbons (Fsp3) is 0.333. The number of aryl methyl sites for hydroxylation is 1. The van der Waals surface area contributed by atoms with Gasteiger partial charge in [0, 0.05) is 24.5 Å². The van der Waals surface area contributed by atoms with Crippen molar-refractivity contribution >= 4 is 5.65 Å². The van der Waals surface area contributed by atoms with Crippen molar-refractivity contribution in [3.05, 3.63) is 29.7 Å². The first-order valence-corrected chi connectivity index (χ1v) is 4.24. The van der Waals surface area contributed by atoms with Gasteiger partial charge >= 0.3 is 0 Å². The zero-order valence-electron chi connectivity index (χ0n) is 7.78. The van der Waals surface area contributed by atoms with Gasteiger partial charge in [0.15, 0.2) is 5.65 Å². The van der Waals surface area contributed by atoms with Crippen molar-refractivity contribution in [2.24, 2.45) is 0 Å². The number of hydrogen-bond acceptors (Lipinski definition) is 3. The second-order valence-electron chi connectivity index (χ2n) is 3.10. The Hall–Kier alpha value is -1.42. The highest BCUT2D eigenvalue weighted by Gasteiger charge is 2.03. The average molecular weight is 176 g/mol. The van der Waals surface area contributed by atoms with Crippen LogP contribution in [0.4, 0.5) is 0 Å². The second-order valence-corrected chi connectivity index (χ2v) is 3.10. The van der Waals surface area contributed by atoms with Gasteiger partial charge in [0.2, 0.25) is 0 Å². The van der Waals surface area contributed by atoms with Crippen molar-refractivity contribution in [2.45, 2.75) is 13.5 Å². The highest BCUT2D eigenvalue weighted by molar-refractivity contribution is 5.46. The van der Waals surface area contributed by atoms with Gasteiger partial charge in [-0.15, -0.1) is 0 Å². The van der Waals surface area contributed by atoms with Gasteiger partial charge in [-0.1, -0.05) is 0 Å². The molecule has 0 aliphatic heterocycles. The van der Waals surface area contributed by atoms with Crippen molar-refractivity contribution in [2.75, 3.05) is 7.05 Å². The smallest absolute Gasteiger partial charge is 0.159 e. The Kier molecular flexibility index (Phi) is 1.98. The Bertz CT molecular complexity index is 418. The Labute approximate surface area is 76.6 Å². The van der Waals surface area contributed by atoms with E-state index >= 15 is 0 Å². The molecule has 0 spiro atoms. The standard InChI is InChI=1S/C9H12N4/c1-7-3-11-9-8(4-10-2)5-12-13(9)6-7/h3,5-6,10H,4H2,1-2H3. The quantitative estimate of drug-likeness (QED) is 0.734. The number of fused-ring (bicyclic) bond motifs is 1. The molecule has 0 fully saturated rings. The molecule has 0 unspecified atom stereocenters. The van der Waals surface area contributed by atoms with E-state index in [-0.39, 0.29) is 0 Å². The summed E-state index contributed by atoms with van der Waals surface area (Å²) in [5.41, 5.74) is 3.18. The largest absolute Gasteiger partial charge is 0.315 e. The van der Waals surface area contributed by atoms with Crippen LogP contribution in [0, 0.1) is 6.92 Å². The van der Waals surface area contributed by atoms with Crippen LogP contribution in [0.25, 0.3) is 5.65 Å². The number of hydrogen-bond donors (Lipinski definition) is 1. The van der Waals surface area contributed by atoms with Crippen molar-refractivity contribution in [1.29, 1.82) is 0 Å². The average Bonchev–Trinajstić information content (AvgIpc) is 2.49. The predicted octanol–water partition coefficient (Wildman–Crippen LogP) is 0.757. The lowest BCUT2D eigenvalue weighted by Gasteiger charge is -1.97. The number of rotatable bonds is 2. The van der Waals surface area contributed by atoms with Crippen molar-refractivity contribution < 1.29 is 0 Å². The summed E-state index contributed by atoms with van der Waals surface area (Å²) in [4.78, 5) is 4.32. The van der Waals surface area contributed by atoms with Gasteiger partial charge in [0.05, 0.1) is 6.20 Å². The Balaban J connectivity index is 2.55. The molecule has 0 saturated heterocycles. The minimum Gasteiger partial charge on any atom is -0.315 e. The SMILES string of the molecule is CNCc1cnn2cc(C)cnc12. The van der Waals surface area contributed by atoms with Crippen LogP contribution in [0.5, 0.6) is 0 Å². The van der Waals surface area contributed by atoms with Crippen LogP contribution in [0.2, 0.25) is 0 Å². The molecule has 1 N–H and O–H groups in total. The molecule has 0 amide bonds. The summed E-state index contributed by atoms with van der Waals surface area (Å²) in [7, 11) is 1.91. The number of nitrogens with zero attached hydrogens (tertiary/aromatic N) is 3. The Morgan fingerprint density at radius 1 is 1.46 bits per heavy atom. The first-order chi connectivity index (χ1) is 6.31. The van der Waals surface area contributed by atoms with E-state index in [0.717, 1.165) is 23.3 Å². The van der Waals surface area contributed by atoms with Crippen LogP contribution in [0.1, 0.15) is 11.1 Å². The van der Waals surface area contributed by atoms with Crippen LogP contribution in [0.15, 0.2) is 18.6 Å². The Morgan fingerprint density at radius 2 is 2.31 bits per heavy atom. The molecule has 0 radical (unpaired) electrons. The molecule has 2 heterocycles. The lowest BCUT2D eigenvalue weighted by atomic mass is 10.3. The molecule has 0 atom stereocenters. The van der Waals surface area contributed by atoms with Crippen LogP contribution in [0.3, 0.4) is 0 Å². The fourth-order valence-corrected chi connectivity index (χ4v) is 1.33. The van der Waals surface area contributed by atoms with Crippen LogP contribution in [-0.2, 0) is 6.54 Å². The van der Waals surface area contributed by atoms with E-state index in [0.29, 0.717) is 0 Å². The predicted molar refractivity (Wildman–Crippen MR) is 50.5 cm³/mol. The lowest BCUT2D eigenvalue weighted by molar-refractivity contribution is 0.821. The van der Waals surface area contributed by atoms with Gasteiger partial charge in [0.25, 0.3) is 0 Å². The molecule has 0 aromatic carbocycles. The van der Waals surface area contributed by atoms with Gasteiger partial charge in [-0.2, -0.15) is 5.10 Å². The molecular formula is C9H12N4. The summed E-state index contributed by atoms with van der Waals surface area (Å²) in [6.45, 7) is 2.81. The molecule has 4 nitrogen and oxygen atoms in total. The van der Waals surface area contributed by atoms with Gasteiger partial charge in [0.1, 0.15) is 0 Å². The molecular weight excluding hydrogens is 164 g/mol. The van der Waals surface area contributed by atoms with Gasteiger partial charge < -0.3 is 5.32 Å². The maximum atomic E-state index is 4.32. The highest BCUT2D eigenvalue weighted by Crippen LogP contribution is 2.07. The highest BCUT2D eigenvalue weighted by atomic mass is 15.2. The first kappa shape index (κ1) is 8.19. The maximum absolute atomic E-state index is 4.32. The monoisotopic (exact) mass is 176 g/mol. The van der Waals surface area contributed by atoms with E-state index in [1.54, 1.807) is 0 Å². The lowest BCUT2D eigenvalue weighted by Crippen LogP contribution is -2.05. The number of nitrogens with one attached hydrogen (secondary N) is 1. The van der Waals surface area contributed by atoms with E-state index in [1.165, 1.54) is 0 Å². The minimum atomic E-state index is 0.805. The van der Waals surface area contributed by atoms with Crippen LogP contribution in [-0.4, -0.2) is 21.6 Å². The van der Waals surface area contributed by atoms with Crippen molar-refractivity contribution in [3.8, 4) is 0 Å². The molecule has 4 heteroatoms. The molecule has 2 aromatic rings. The zero-order chi connectivity index (χ0) is 9.26. The van der Waals surface area contributed by atoms with Crippen LogP contribution < -0.4 is 5.32 Å². The summed E-state index contributed by atoms with van der Waals surface area (Å²) >= 11 is 0. The molecule has 13 heavy (non-hydrogen) atoms. The second kappa shape index (κ2) is 3.14. The fourth-order valence-electron chi connectivity index (χ4n) is 1.33. The maximum Gasteiger partial charge on any atom is 0.159 e. The summed E-state index contributed by atoms with van der Waals surface area (Å²) in [5, 5.41) is 7.30. The van der Waals surface area contributed by atoms with Crippen molar-refractivity contribution in [1.82, 2.24) is 19.9 Å². The van der Waals surface area contributed by atoms with E-state index in [4.69, 9.17) is 0 Å². The molecule has 0 aliphatic rings. The third kappa shape index (κ3) is 1.40. The van der Waals surface area contributed by atoms with E-state index < -0.39 is 0 Å². The topological polar surface area (TPSA) is 42.2 Å². The number of aromatic nitrogens is 3. The Morgan fingerprint density at radius 3 is 3.08 bits per heavy atom. The molecule has 0 bridgehead atoms. The van der Waals surface area contributed by atoms with Crippen LogP contribution >= 0.6 is 0 Å². The third-order valence-corrected chi connectivity index (χ3v) is 1.93. The van der Waals surface area contributed by atoms with E-state index in [9.17, 15) is 0 Å². The third-order valence-electron chi connectivity index (χ3n) is 1.93. The normalized spacial score (nSPS) is 10.9. The minimum absolute atomic E-state index is 0.805. The molecule has 0 saturated carbocycles. The van der Waals surface area contributed by atoms with Gasteiger partial charge in [-0.3, -0.25) is 0 Å². The molecule has 2 aromatic heterocycles. The zero-order valence-corrected chi connectivity index (χ0v) is 7.78. The summed E-state index contributed by atoms with van der Waals surface area (Å²) < 4.78 is 1.81. The van der Waals surface area contributed by atoms with Gasteiger partial charge in [-0.05, 0) is 19.5 Å². The van der Waals surface area contributed by atoms with E-state index in [2.05, 4.69) is 15.4 Å². The molecule has 68 valence electrons. The van der Waals surface area contributed by atoms with E-state index in [1.807, 2.05) is 37.1 Å².